The Morgan fingerprint density at radius 3 is 2.95 bits per heavy atom. The van der Waals surface area contributed by atoms with E-state index in [1.807, 2.05) is 6.92 Å². The van der Waals surface area contributed by atoms with Crippen molar-refractivity contribution < 1.29 is 4.74 Å². The van der Waals surface area contributed by atoms with Gasteiger partial charge in [-0.25, -0.2) is 0 Å². The Hall–Kier alpha value is -1.46. The van der Waals surface area contributed by atoms with E-state index in [1.54, 1.807) is 0 Å². The summed E-state index contributed by atoms with van der Waals surface area (Å²) in [7, 11) is 0. The number of nitrogens with zero attached hydrogens (tertiary/aromatic N) is 1. The van der Waals surface area contributed by atoms with Gasteiger partial charge in [-0.3, -0.25) is 5.43 Å². The molecule has 1 fully saturated rings. The quantitative estimate of drug-likeness (QED) is 0.510. The number of benzene rings is 1. The van der Waals surface area contributed by atoms with E-state index < -0.39 is 0 Å². The number of hydrogen-bond acceptors (Lipinski definition) is 3. The number of hydrazone groups is 1. The molecular weight excluding hydrogens is 282 g/mol. The Labute approximate surface area is 132 Å². The maximum absolute atomic E-state index is 5.54. The minimum atomic E-state index is 0.272. The molecule has 114 valence electrons. The van der Waals surface area contributed by atoms with Gasteiger partial charge in [0.1, 0.15) is 0 Å². The van der Waals surface area contributed by atoms with Crippen LogP contribution in [-0.2, 0) is 4.74 Å². The van der Waals surface area contributed by atoms with Crippen LogP contribution in [0.3, 0.4) is 0 Å². The molecule has 1 aliphatic heterocycles. The Morgan fingerprint density at radius 2 is 2.24 bits per heavy atom. The molecule has 21 heavy (non-hydrogen) atoms. The molecule has 1 heterocycles. The molecular formula is C16H23N3OS. The summed E-state index contributed by atoms with van der Waals surface area (Å²) in [5, 5.41) is 8.05. The number of nitrogens with one attached hydrogen (secondary N) is 2. The van der Waals surface area contributed by atoms with E-state index in [-0.39, 0.29) is 6.10 Å². The van der Waals surface area contributed by atoms with Gasteiger partial charge < -0.3 is 10.1 Å². The normalized spacial score (nSPS) is 18.6. The molecule has 1 saturated heterocycles. The number of rotatable bonds is 4. The molecule has 0 bridgehead atoms. The lowest BCUT2D eigenvalue weighted by Gasteiger charge is -2.12. The summed E-state index contributed by atoms with van der Waals surface area (Å²) in [6, 6.07) is 6.35. The SMILES string of the molecule is C/C(=N/NC(=S)NC[C@H]1CCCO1)c1cc(C)ccc1C. The fourth-order valence-electron chi connectivity index (χ4n) is 2.37. The highest BCUT2D eigenvalue weighted by Crippen LogP contribution is 2.12. The topological polar surface area (TPSA) is 45.7 Å². The average Bonchev–Trinajstić information content (AvgIpc) is 2.98. The minimum Gasteiger partial charge on any atom is -0.376 e. The molecule has 0 amide bonds. The van der Waals surface area contributed by atoms with Crippen LogP contribution in [0.5, 0.6) is 0 Å². The van der Waals surface area contributed by atoms with Gasteiger partial charge in [-0.05, 0) is 57.5 Å². The van der Waals surface area contributed by atoms with E-state index in [2.05, 4.69) is 47.9 Å². The lowest BCUT2D eigenvalue weighted by atomic mass is 10.0. The summed E-state index contributed by atoms with van der Waals surface area (Å²) in [4.78, 5) is 0. The van der Waals surface area contributed by atoms with Gasteiger partial charge in [0.05, 0.1) is 11.8 Å². The third-order valence-electron chi connectivity index (χ3n) is 3.62. The van der Waals surface area contributed by atoms with Crippen molar-refractivity contribution in [2.75, 3.05) is 13.2 Å². The lowest BCUT2D eigenvalue weighted by molar-refractivity contribution is 0.114. The molecule has 0 saturated carbocycles. The van der Waals surface area contributed by atoms with Crippen LogP contribution in [0.1, 0.15) is 36.5 Å². The van der Waals surface area contributed by atoms with E-state index in [0.717, 1.165) is 37.3 Å². The predicted molar refractivity (Wildman–Crippen MR) is 90.8 cm³/mol. The third-order valence-corrected chi connectivity index (χ3v) is 3.86. The van der Waals surface area contributed by atoms with Crippen LogP contribution in [0.25, 0.3) is 0 Å². The maximum atomic E-state index is 5.54. The van der Waals surface area contributed by atoms with E-state index in [0.29, 0.717) is 5.11 Å². The van der Waals surface area contributed by atoms with Crippen LogP contribution in [0.2, 0.25) is 0 Å². The second-order valence-electron chi connectivity index (χ2n) is 5.47. The second-order valence-corrected chi connectivity index (χ2v) is 5.88. The summed E-state index contributed by atoms with van der Waals surface area (Å²) in [5.74, 6) is 0. The van der Waals surface area contributed by atoms with Crippen LogP contribution >= 0.6 is 12.2 Å². The summed E-state index contributed by atoms with van der Waals surface area (Å²) >= 11 is 5.23. The zero-order valence-electron chi connectivity index (χ0n) is 12.9. The number of ether oxygens (including phenoxy) is 1. The maximum Gasteiger partial charge on any atom is 0.187 e. The fraction of sp³-hybridized carbons (Fsp3) is 0.500. The van der Waals surface area contributed by atoms with Gasteiger partial charge in [-0.2, -0.15) is 5.10 Å². The van der Waals surface area contributed by atoms with Gasteiger partial charge in [0.25, 0.3) is 0 Å². The molecule has 4 nitrogen and oxygen atoms in total. The van der Waals surface area contributed by atoms with Crippen molar-refractivity contribution in [2.24, 2.45) is 5.10 Å². The third kappa shape index (κ3) is 4.79. The predicted octanol–water partition coefficient (Wildman–Crippen LogP) is 2.67. The second kappa shape index (κ2) is 7.52. The minimum absolute atomic E-state index is 0.272. The van der Waals surface area contributed by atoms with Crippen molar-refractivity contribution in [1.29, 1.82) is 0 Å². The summed E-state index contributed by atoms with van der Waals surface area (Å²) in [5.41, 5.74) is 7.41. The van der Waals surface area contributed by atoms with Crippen LogP contribution in [0, 0.1) is 13.8 Å². The molecule has 2 N–H and O–H groups in total. The van der Waals surface area contributed by atoms with Crippen LogP contribution < -0.4 is 10.7 Å². The van der Waals surface area contributed by atoms with Gasteiger partial charge in [-0.1, -0.05) is 17.7 Å². The zero-order chi connectivity index (χ0) is 15.2. The summed E-state index contributed by atoms with van der Waals surface area (Å²) in [6.07, 6.45) is 2.51. The standard InChI is InChI=1S/C16H23N3OS/c1-11-6-7-12(2)15(9-11)13(3)18-19-16(21)17-10-14-5-4-8-20-14/h6-7,9,14H,4-5,8,10H2,1-3H3,(H2,17,19,21)/b18-13-/t14-/m1/s1. The van der Waals surface area contributed by atoms with Crippen molar-refractivity contribution in [3.63, 3.8) is 0 Å². The highest BCUT2D eigenvalue weighted by Gasteiger charge is 2.15. The molecule has 1 aliphatic rings. The van der Waals surface area contributed by atoms with Crippen molar-refractivity contribution in [3.05, 3.63) is 34.9 Å². The Morgan fingerprint density at radius 1 is 1.43 bits per heavy atom. The summed E-state index contributed by atoms with van der Waals surface area (Å²) < 4.78 is 5.54. The molecule has 2 rings (SSSR count). The zero-order valence-corrected chi connectivity index (χ0v) is 13.7. The molecule has 1 aromatic carbocycles. The van der Waals surface area contributed by atoms with Gasteiger partial charge in [0, 0.05) is 18.7 Å². The molecule has 0 unspecified atom stereocenters. The molecule has 1 aromatic rings. The van der Waals surface area contributed by atoms with Crippen molar-refractivity contribution in [3.8, 4) is 0 Å². The van der Waals surface area contributed by atoms with Crippen LogP contribution in [0.4, 0.5) is 0 Å². The molecule has 0 aliphatic carbocycles. The number of thiocarbonyl (C=S) groups is 1. The molecule has 5 heteroatoms. The highest BCUT2D eigenvalue weighted by molar-refractivity contribution is 7.80. The first-order valence-corrected chi connectivity index (χ1v) is 7.74. The van der Waals surface area contributed by atoms with E-state index in [1.165, 1.54) is 11.1 Å². The fourth-order valence-corrected chi connectivity index (χ4v) is 2.50. The Bertz CT molecular complexity index is 536. The first-order valence-electron chi connectivity index (χ1n) is 7.33. The van der Waals surface area contributed by atoms with E-state index in [4.69, 9.17) is 17.0 Å². The van der Waals surface area contributed by atoms with Crippen molar-refractivity contribution in [2.45, 2.75) is 39.7 Å². The number of hydrogen-bond donors (Lipinski definition) is 2. The lowest BCUT2D eigenvalue weighted by Crippen LogP contribution is -2.37. The van der Waals surface area contributed by atoms with E-state index >= 15 is 0 Å². The van der Waals surface area contributed by atoms with Crippen molar-refractivity contribution in [1.82, 2.24) is 10.7 Å². The Kier molecular flexibility index (Phi) is 5.70. The number of aryl methyl sites for hydroxylation is 2. The van der Waals surface area contributed by atoms with E-state index in [9.17, 15) is 0 Å². The van der Waals surface area contributed by atoms with Gasteiger partial charge in [-0.15, -0.1) is 0 Å². The van der Waals surface area contributed by atoms with Gasteiger partial charge in [0.15, 0.2) is 5.11 Å². The molecule has 0 radical (unpaired) electrons. The van der Waals surface area contributed by atoms with Gasteiger partial charge in [0.2, 0.25) is 0 Å². The van der Waals surface area contributed by atoms with Crippen molar-refractivity contribution >= 4 is 23.0 Å². The largest absolute Gasteiger partial charge is 0.376 e. The monoisotopic (exact) mass is 305 g/mol. The van der Waals surface area contributed by atoms with Gasteiger partial charge >= 0.3 is 0 Å². The molecule has 1 atom stereocenters. The first-order chi connectivity index (χ1) is 10.1. The highest BCUT2D eigenvalue weighted by atomic mass is 32.1. The first kappa shape index (κ1) is 15.9. The smallest absolute Gasteiger partial charge is 0.187 e. The average molecular weight is 305 g/mol. The molecule has 0 spiro atoms. The Balaban J connectivity index is 1.87. The van der Waals surface area contributed by atoms with Crippen LogP contribution in [0.15, 0.2) is 23.3 Å². The van der Waals surface area contributed by atoms with Crippen LogP contribution in [-0.4, -0.2) is 30.1 Å². The molecule has 0 aromatic heterocycles. The summed E-state index contributed by atoms with van der Waals surface area (Å²) in [6.45, 7) is 7.75.